The van der Waals surface area contributed by atoms with Crippen LogP contribution in [0.2, 0.25) is 0 Å². The van der Waals surface area contributed by atoms with E-state index in [1.165, 1.54) is 0 Å². The van der Waals surface area contributed by atoms with Gasteiger partial charge in [-0.05, 0) is 24.5 Å². The number of nitrogens with one attached hydrogen (secondary N) is 1. The lowest BCUT2D eigenvalue weighted by atomic mass is 10.1. The highest BCUT2D eigenvalue weighted by molar-refractivity contribution is 7.80. The summed E-state index contributed by atoms with van der Waals surface area (Å²) in [5, 5.41) is 2.81. The predicted octanol–water partition coefficient (Wildman–Crippen LogP) is 0.0433. The van der Waals surface area contributed by atoms with Gasteiger partial charge in [0, 0.05) is 19.5 Å². The molecular formula is C10H16N2O2S. The highest BCUT2D eigenvalue weighted by Crippen LogP contribution is 2.24. The molecule has 84 valence electrons. The number of piperidine rings is 1. The molecule has 15 heavy (non-hydrogen) atoms. The Labute approximate surface area is 94.8 Å². The van der Waals surface area contributed by atoms with Crippen LogP contribution in [0.3, 0.4) is 0 Å². The van der Waals surface area contributed by atoms with Crippen molar-refractivity contribution in [2.45, 2.75) is 25.3 Å². The predicted molar refractivity (Wildman–Crippen MR) is 59.7 cm³/mol. The molecule has 0 aromatic heterocycles. The Morgan fingerprint density at radius 3 is 2.87 bits per heavy atom. The van der Waals surface area contributed by atoms with Crippen molar-refractivity contribution in [3.05, 3.63) is 0 Å². The van der Waals surface area contributed by atoms with Gasteiger partial charge in [-0.25, -0.2) is 0 Å². The van der Waals surface area contributed by atoms with Gasteiger partial charge in [-0.15, -0.1) is 0 Å². The largest absolute Gasteiger partial charge is 0.354 e. The summed E-state index contributed by atoms with van der Waals surface area (Å²) in [7, 11) is 0. The molecular weight excluding hydrogens is 212 g/mol. The first-order valence-corrected chi connectivity index (χ1v) is 6.03. The van der Waals surface area contributed by atoms with Crippen molar-refractivity contribution in [2.24, 2.45) is 5.92 Å². The third-order valence-electron chi connectivity index (χ3n) is 3.13. The third-order valence-corrected chi connectivity index (χ3v) is 3.65. The van der Waals surface area contributed by atoms with Crippen molar-refractivity contribution in [3.63, 3.8) is 0 Å². The number of likely N-dealkylation sites (tertiary alicyclic amines) is 1. The van der Waals surface area contributed by atoms with E-state index >= 15 is 0 Å². The van der Waals surface area contributed by atoms with Gasteiger partial charge >= 0.3 is 0 Å². The van der Waals surface area contributed by atoms with E-state index < -0.39 is 0 Å². The summed E-state index contributed by atoms with van der Waals surface area (Å²) >= 11 is 4.20. The molecule has 2 heterocycles. The molecule has 2 aliphatic heterocycles. The molecule has 0 spiro atoms. The van der Waals surface area contributed by atoms with E-state index in [0.717, 1.165) is 25.1 Å². The second-order valence-electron chi connectivity index (χ2n) is 4.25. The maximum atomic E-state index is 11.7. The molecule has 2 fully saturated rings. The Balaban J connectivity index is 2.03. The van der Waals surface area contributed by atoms with Gasteiger partial charge in [0.05, 0.1) is 0 Å². The van der Waals surface area contributed by atoms with Crippen LogP contribution >= 0.6 is 12.6 Å². The molecule has 4 nitrogen and oxygen atoms in total. The van der Waals surface area contributed by atoms with Crippen molar-refractivity contribution in [2.75, 3.05) is 18.8 Å². The number of thiol groups is 1. The van der Waals surface area contributed by atoms with Crippen LogP contribution in [0.4, 0.5) is 0 Å². The first kappa shape index (κ1) is 10.8. The van der Waals surface area contributed by atoms with Gasteiger partial charge in [-0.2, -0.15) is 12.6 Å². The SMILES string of the molecule is O=C1NCCCC1N1CC(CS)CC1=O. The molecule has 2 unspecified atom stereocenters. The Kier molecular flexibility index (Phi) is 3.19. The fraction of sp³-hybridized carbons (Fsp3) is 0.800. The Morgan fingerprint density at radius 1 is 1.47 bits per heavy atom. The first-order chi connectivity index (χ1) is 7.22. The van der Waals surface area contributed by atoms with Crippen molar-refractivity contribution in [1.82, 2.24) is 10.2 Å². The van der Waals surface area contributed by atoms with Gasteiger partial charge in [0.25, 0.3) is 0 Å². The van der Waals surface area contributed by atoms with Crippen LogP contribution in [-0.2, 0) is 9.59 Å². The van der Waals surface area contributed by atoms with E-state index in [1.54, 1.807) is 4.90 Å². The summed E-state index contributed by atoms with van der Waals surface area (Å²) < 4.78 is 0. The highest BCUT2D eigenvalue weighted by atomic mass is 32.1. The van der Waals surface area contributed by atoms with Gasteiger partial charge in [0.15, 0.2) is 0 Å². The summed E-state index contributed by atoms with van der Waals surface area (Å²) in [6, 6.07) is -0.226. The molecule has 2 saturated heterocycles. The third kappa shape index (κ3) is 2.12. The Morgan fingerprint density at radius 2 is 2.27 bits per heavy atom. The van der Waals surface area contributed by atoms with Crippen LogP contribution in [0.15, 0.2) is 0 Å². The summed E-state index contributed by atoms with van der Waals surface area (Å²) in [6.45, 7) is 1.44. The number of carbonyl (C=O) groups excluding carboxylic acids is 2. The molecule has 2 atom stereocenters. The lowest BCUT2D eigenvalue weighted by molar-refractivity contribution is -0.138. The second kappa shape index (κ2) is 4.43. The van der Waals surface area contributed by atoms with Crippen LogP contribution in [0.5, 0.6) is 0 Å². The van der Waals surface area contributed by atoms with Crippen molar-refractivity contribution < 1.29 is 9.59 Å². The molecule has 5 heteroatoms. The molecule has 0 aliphatic carbocycles. The minimum Gasteiger partial charge on any atom is -0.354 e. The Bertz CT molecular complexity index is 283. The average Bonchev–Trinajstić information content (AvgIpc) is 2.60. The Hall–Kier alpha value is -0.710. The van der Waals surface area contributed by atoms with E-state index in [9.17, 15) is 9.59 Å². The number of amides is 2. The van der Waals surface area contributed by atoms with Crippen LogP contribution in [-0.4, -0.2) is 41.6 Å². The fourth-order valence-corrected chi connectivity index (χ4v) is 2.53. The fourth-order valence-electron chi connectivity index (χ4n) is 2.29. The number of carbonyl (C=O) groups is 2. The summed E-state index contributed by atoms with van der Waals surface area (Å²) in [5.74, 6) is 1.15. The second-order valence-corrected chi connectivity index (χ2v) is 4.61. The molecule has 0 saturated carbocycles. The molecule has 0 aromatic rings. The number of hydrogen-bond donors (Lipinski definition) is 2. The van der Waals surface area contributed by atoms with Gasteiger partial charge < -0.3 is 10.2 Å². The van der Waals surface area contributed by atoms with Gasteiger partial charge in [-0.3, -0.25) is 9.59 Å². The summed E-state index contributed by atoms with van der Waals surface area (Å²) in [5.41, 5.74) is 0. The average molecular weight is 228 g/mol. The summed E-state index contributed by atoms with van der Waals surface area (Å²) in [6.07, 6.45) is 2.32. The van der Waals surface area contributed by atoms with E-state index in [4.69, 9.17) is 0 Å². The number of nitrogens with zero attached hydrogens (tertiary/aromatic N) is 1. The zero-order valence-corrected chi connectivity index (χ0v) is 9.50. The first-order valence-electron chi connectivity index (χ1n) is 5.40. The lowest BCUT2D eigenvalue weighted by Crippen LogP contribution is -2.51. The normalized spacial score (nSPS) is 31.9. The molecule has 0 aromatic carbocycles. The zero-order chi connectivity index (χ0) is 10.8. The smallest absolute Gasteiger partial charge is 0.242 e. The summed E-state index contributed by atoms with van der Waals surface area (Å²) in [4.78, 5) is 25.0. The van der Waals surface area contributed by atoms with Gasteiger partial charge in [-0.1, -0.05) is 0 Å². The number of rotatable bonds is 2. The lowest BCUT2D eigenvalue weighted by Gasteiger charge is -2.30. The molecule has 0 radical (unpaired) electrons. The van der Waals surface area contributed by atoms with Crippen LogP contribution in [0, 0.1) is 5.92 Å². The standard InChI is InChI=1S/C10H16N2O2S/c13-9-4-7(6-15)5-12(9)8-2-1-3-11-10(8)14/h7-8,15H,1-6H2,(H,11,14). The maximum absolute atomic E-state index is 11.7. The van der Waals surface area contributed by atoms with Gasteiger partial charge in [0.2, 0.25) is 11.8 Å². The molecule has 0 bridgehead atoms. The zero-order valence-electron chi connectivity index (χ0n) is 8.61. The van der Waals surface area contributed by atoms with E-state index in [2.05, 4.69) is 17.9 Å². The molecule has 2 rings (SSSR count). The minimum atomic E-state index is -0.226. The highest BCUT2D eigenvalue weighted by Gasteiger charge is 2.37. The quantitative estimate of drug-likeness (QED) is 0.656. The monoisotopic (exact) mass is 228 g/mol. The molecule has 1 N–H and O–H groups in total. The van der Waals surface area contributed by atoms with E-state index in [-0.39, 0.29) is 17.9 Å². The van der Waals surface area contributed by atoms with Crippen LogP contribution < -0.4 is 5.32 Å². The van der Waals surface area contributed by atoms with E-state index in [1.807, 2.05) is 0 Å². The van der Waals surface area contributed by atoms with Crippen molar-refractivity contribution in [1.29, 1.82) is 0 Å². The van der Waals surface area contributed by atoms with Crippen LogP contribution in [0.25, 0.3) is 0 Å². The van der Waals surface area contributed by atoms with E-state index in [0.29, 0.717) is 18.9 Å². The van der Waals surface area contributed by atoms with Gasteiger partial charge in [0.1, 0.15) is 6.04 Å². The topological polar surface area (TPSA) is 49.4 Å². The molecule has 2 aliphatic rings. The van der Waals surface area contributed by atoms with Crippen LogP contribution in [0.1, 0.15) is 19.3 Å². The minimum absolute atomic E-state index is 0.00872. The maximum Gasteiger partial charge on any atom is 0.242 e. The molecule has 2 amide bonds. The van der Waals surface area contributed by atoms with Crippen molar-refractivity contribution >= 4 is 24.4 Å². The van der Waals surface area contributed by atoms with Crippen molar-refractivity contribution in [3.8, 4) is 0 Å². The number of hydrogen-bond acceptors (Lipinski definition) is 3.